The van der Waals surface area contributed by atoms with Crippen LogP contribution in [0.15, 0.2) is 6.20 Å². The van der Waals surface area contributed by atoms with Gasteiger partial charge < -0.3 is 16.6 Å². The SMILES string of the molecule is NC(=O)CCS(=O)(=O)CCn1cc(CC(N)C(=O)O)nn1. The van der Waals surface area contributed by atoms with Gasteiger partial charge in [0.05, 0.1) is 23.7 Å². The molecule has 0 radical (unpaired) electrons. The molecule has 0 aliphatic rings. The second-order valence-corrected chi connectivity index (χ2v) is 6.79. The van der Waals surface area contributed by atoms with Crippen molar-refractivity contribution in [3.8, 4) is 0 Å². The minimum absolute atomic E-state index is 0.00373. The number of sulfone groups is 1. The fourth-order valence-corrected chi connectivity index (χ4v) is 2.63. The highest BCUT2D eigenvalue weighted by atomic mass is 32.2. The first kappa shape index (κ1) is 17.0. The number of amides is 1. The summed E-state index contributed by atoms with van der Waals surface area (Å²) >= 11 is 0. The number of aromatic nitrogens is 3. The van der Waals surface area contributed by atoms with Crippen molar-refractivity contribution in [1.82, 2.24) is 15.0 Å². The van der Waals surface area contributed by atoms with Crippen molar-refractivity contribution in [2.45, 2.75) is 25.4 Å². The van der Waals surface area contributed by atoms with E-state index < -0.39 is 27.8 Å². The smallest absolute Gasteiger partial charge is 0.320 e. The average Bonchev–Trinajstić information content (AvgIpc) is 2.82. The van der Waals surface area contributed by atoms with Gasteiger partial charge in [-0.05, 0) is 0 Å². The zero-order valence-electron chi connectivity index (χ0n) is 11.2. The van der Waals surface area contributed by atoms with Gasteiger partial charge in [-0.2, -0.15) is 0 Å². The highest BCUT2D eigenvalue weighted by molar-refractivity contribution is 7.91. The average molecular weight is 319 g/mol. The lowest BCUT2D eigenvalue weighted by Crippen LogP contribution is -2.32. The van der Waals surface area contributed by atoms with Gasteiger partial charge in [0.15, 0.2) is 9.84 Å². The predicted octanol–water partition coefficient (Wildman–Crippen LogP) is -2.48. The number of carbonyl (C=O) groups is 2. The molecule has 0 aliphatic carbocycles. The molecular formula is C10H17N5O5S. The van der Waals surface area contributed by atoms with E-state index in [9.17, 15) is 18.0 Å². The summed E-state index contributed by atoms with van der Waals surface area (Å²) in [5, 5.41) is 16.1. The Balaban J connectivity index is 2.51. The van der Waals surface area contributed by atoms with Crippen LogP contribution in [0.2, 0.25) is 0 Å². The van der Waals surface area contributed by atoms with Crippen LogP contribution in [-0.2, 0) is 32.4 Å². The Hall–Kier alpha value is -2.01. The summed E-state index contributed by atoms with van der Waals surface area (Å²) in [7, 11) is -3.41. The second kappa shape index (κ2) is 7.13. The van der Waals surface area contributed by atoms with E-state index in [-0.39, 0.29) is 30.9 Å². The van der Waals surface area contributed by atoms with Gasteiger partial charge in [-0.25, -0.2) is 8.42 Å². The molecule has 0 saturated carbocycles. The molecule has 0 aliphatic heterocycles. The van der Waals surface area contributed by atoms with Crippen molar-refractivity contribution < 1.29 is 23.1 Å². The van der Waals surface area contributed by atoms with Gasteiger partial charge in [0.2, 0.25) is 5.91 Å². The molecule has 1 aromatic rings. The standard InChI is InChI=1S/C10H17N5O5S/c11-8(10(17)18)5-7-6-15(14-13-7)2-4-21(19,20)3-1-9(12)16/h6,8H,1-5,11H2,(H2,12,16)(H,17,18). The lowest BCUT2D eigenvalue weighted by atomic mass is 10.2. The van der Waals surface area contributed by atoms with Crippen molar-refractivity contribution in [3.63, 3.8) is 0 Å². The van der Waals surface area contributed by atoms with Crippen molar-refractivity contribution in [2.24, 2.45) is 11.5 Å². The summed E-state index contributed by atoms with van der Waals surface area (Å²) in [5.41, 5.74) is 10.6. The Kier molecular flexibility index (Phi) is 5.79. The van der Waals surface area contributed by atoms with Crippen LogP contribution in [0.4, 0.5) is 0 Å². The first-order valence-corrected chi connectivity index (χ1v) is 7.88. The number of nitrogens with zero attached hydrogens (tertiary/aromatic N) is 3. The number of hydrogen-bond acceptors (Lipinski definition) is 7. The van der Waals surface area contributed by atoms with Crippen LogP contribution in [0.1, 0.15) is 12.1 Å². The van der Waals surface area contributed by atoms with Gasteiger partial charge in [0, 0.05) is 19.0 Å². The third-order valence-electron chi connectivity index (χ3n) is 2.62. The van der Waals surface area contributed by atoms with Crippen molar-refractivity contribution >= 4 is 21.7 Å². The maximum absolute atomic E-state index is 11.6. The van der Waals surface area contributed by atoms with Crippen molar-refractivity contribution in [3.05, 3.63) is 11.9 Å². The predicted molar refractivity (Wildman–Crippen MR) is 71.8 cm³/mol. The van der Waals surface area contributed by atoms with E-state index in [0.29, 0.717) is 5.69 Å². The lowest BCUT2D eigenvalue weighted by Gasteiger charge is -2.03. The lowest BCUT2D eigenvalue weighted by molar-refractivity contribution is -0.138. The van der Waals surface area contributed by atoms with E-state index in [2.05, 4.69) is 10.3 Å². The molecule has 1 amide bonds. The number of carboxylic acids is 1. The molecule has 0 bridgehead atoms. The van der Waals surface area contributed by atoms with Crippen LogP contribution < -0.4 is 11.5 Å². The van der Waals surface area contributed by atoms with Gasteiger partial charge in [0.25, 0.3) is 0 Å². The first-order chi connectivity index (χ1) is 9.69. The molecule has 10 nitrogen and oxygen atoms in total. The molecule has 1 aromatic heterocycles. The normalized spacial score (nSPS) is 13.0. The van der Waals surface area contributed by atoms with Crippen LogP contribution in [0.5, 0.6) is 0 Å². The zero-order chi connectivity index (χ0) is 16.0. The van der Waals surface area contributed by atoms with E-state index in [1.165, 1.54) is 10.9 Å². The fraction of sp³-hybridized carbons (Fsp3) is 0.600. The van der Waals surface area contributed by atoms with Crippen molar-refractivity contribution in [1.29, 1.82) is 0 Å². The minimum Gasteiger partial charge on any atom is -0.480 e. The molecule has 1 heterocycles. The summed E-state index contributed by atoms with van der Waals surface area (Å²) in [6, 6.07) is -1.09. The molecule has 1 atom stereocenters. The van der Waals surface area contributed by atoms with E-state index in [4.69, 9.17) is 16.6 Å². The summed E-state index contributed by atoms with van der Waals surface area (Å²) in [4.78, 5) is 21.1. The van der Waals surface area contributed by atoms with E-state index >= 15 is 0 Å². The molecule has 1 rings (SSSR count). The third kappa shape index (κ3) is 6.31. The molecule has 21 heavy (non-hydrogen) atoms. The molecule has 1 unspecified atom stereocenters. The summed E-state index contributed by atoms with van der Waals surface area (Å²) in [6.45, 7) is 0.0520. The number of aryl methyl sites for hydroxylation is 1. The van der Waals surface area contributed by atoms with Crippen LogP contribution in [-0.4, -0.2) is 57.9 Å². The summed E-state index contributed by atoms with van der Waals surface area (Å²) in [5.74, 6) is -2.36. The van der Waals surface area contributed by atoms with Crippen LogP contribution >= 0.6 is 0 Å². The Morgan fingerprint density at radius 1 is 1.38 bits per heavy atom. The second-order valence-electron chi connectivity index (χ2n) is 4.49. The molecule has 0 saturated heterocycles. The van der Waals surface area contributed by atoms with Crippen molar-refractivity contribution in [2.75, 3.05) is 11.5 Å². The molecule has 118 valence electrons. The summed E-state index contributed by atoms with van der Waals surface area (Å²) < 4.78 is 24.5. The number of hydrogen-bond donors (Lipinski definition) is 3. The Labute approximate surface area is 121 Å². The van der Waals surface area contributed by atoms with Crippen LogP contribution in [0, 0.1) is 0 Å². The molecule has 0 fully saturated rings. The van der Waals surface area contributed by atoms with Gasteiger partial charge in [-0.15, -0.1) is 5.10 Å². The number of primary amides is 1. The van der Waals surface area contributed by atoms with Crippen LogP contribution in [0.3, 0.4) is 0 Å². The molecular weight excluding hydrogens is 302 g/mol. The number of carboxylic acid groups (broad SMARTS) is 1. The molecule has 5 N–H and O–H groups in total. The van der Waals surface area contributed by atoms with Gasteiger partial charge in [-0.1, -0.05) is 5.21 Å². The highest BCUT2D eigenvalue weighted by Crippen LogP contribution is 2.00. The van der Waals surface area contributed by atoms with E-state index in [1.807, 2.05) is 0 Å². The largest absolute Gasteiger partial charge is 0.480 e. The zero-order valence-corrected chi connectivity index (χ0v) is 12.0. The maximum atomic E-state index is 11.6. The van der Waals surface area contributed by atoms with E-state index in [1.54, 1.807) is 0 Å². The number of rotatable bonds is 9. The monoisotopic (exact) mass is 319 g/mol. The quantitative estimate of drug-likeness (QED) is 0.449. The van der Waals surface area contributed by atoms with Crippen LogP contribution in [0.25, 0.3) is 0 Å². The number of carbonyl (C=O) groups excluding carboxylic acids is 1. The maximum Gasteiger partial charge on any atom is 0.320 e. The Morgan fingerprint density at radius 2 is 2.05 bits per heavy atom. The first-order valence-electron chi connectivity index (χ1n) is 6.06. The molecule has 11 heteroatoms. The number of nitrogens with two attached hydrogens (primary N) is 2. The van der Waals surface area contributed by atoms with E-state index in [0.717, 1.165) is 0 Å². The highest BCUT2D eigenvalue weighted by Gasteiger charge is 2.16. The third-order valence-corrected chi connectivity index (χ3v) is 4.25. The Morgan fingerprint density at radius 3 is 2.62 bits per heavy atom. The Bertz CT molecular complexity index is 611. The number of aliphatic carboxylic acids is 1. The fourth-order valence-electron chi connectivity index (χ4n) is 1.44. The van der Waals surface area contributed by atoms with Gasteiger partial charge in [0.1, 0.15) is 6.04 Å². The summed E-state index contributed by atoms with van der Waals surface area (Å²) in [6.07, 6.45) is 1.22. The minimum atomic E-state index is -3.41. The van der Waals surface area contributed by atoms with Gasteiger partial charge in [-0.3, -0.25) is 14.3 Å². The molecule has 0 aromatic carbocycles. The molecule has 0 spiro atoms. The van der Waals surface area contributed by atoms with Gasteiger partial charge >= 0.3 is 5.97 Å². The topological polar surface area (TPSA) is 171 Å².